The van der Waals surface area contributed by atoms with Crippen LogP contribution in [0.1, 0.15) is 5.69 Å². The molecule has 1 atom stereocenters. The number of aromatic nitrogens is 1. The van der Waals surface area contributed by atoms with Crippen LogP contribution in [0.25, 0.3) is 0 Å². The van der Waals surface area contributed by atoms with E-state index in [1.165, 1.54) is 7.11 Å². The van der Waals surface area contributed by atoms with Crippen molar-refractivity contribution < 1.29 is 9.53 Å². The number of esters is 1. The zero-order valence-electron chi connectivity index (χ0n) is 7.74. The minimum Gasteiger partial charge on any atom is -0.468 e. The minimum absolute atomic E-state index is 0.284. The van der Waals surface area contributed by atoms with E-state index in [1.807, 2.05) is 0 Å². The average molecular weight is 215 g/mol. The average Bonchev–Trinajstić information content (AvgIpc) is 2.20. The Bertz CT molecular complexity index is 330. The normalized spacial score (nSPS) is 12.2. The third-order valence-electron chi connectivity index (χ3n) is 1.75. The van der Waals surface area contributed by atoms with Crippen LogP contribution in [0.2, 0.25) is 5.02 Å². The van der Waals surface area contributed by atoms with Crippen LogP contribution in [0.15, 0.2) is 18.3 Å². The number of pyridine rings is 1. The number of ether oxygens (including phenoxy) is 1. The Morgan fingerprint density at radius 3 is 3.07 bits per heavy atom. The molecule has 0 saturated carbocycles. The van der Waals surface area contributed by atoms with E-state index in [9.17, 15) is 4.79 Å². The molecular weight excluding hydrogens is 204 g/mol. The maximum atomic E-state index is 11.0. The molecule has 0 aliphatic carbocycles. The standard InChI is InChI=1S/C9H11ClN2O2/c1-14-9(13)7(11)5-8-6(10)3-2-4-12-8/h2-4,7H,5,11H2,1H3/t7-/m1/s1. The molecule has 0 spiro atoms. The van der Waals surface area contributed by atoms with Crippen LogP contribution in [0.4, 0.5) is 0 Å². The van der Waals surface area contributed by atoms with E-state index in [0.29, 0.717) is 10.7 Å². The Morgan fingerprint density at radius 2 is 2.50 bits per heavy atom. The number of carbonyl (C=O) groups excluding carboxylic acids is 1. The number of rotatable bonds is 3. The van der Waals surface area contributed by atoms with Gasteiger partial charge in [0.05, 0.1) is 17.8 Å². The topological polar surface area (TPSA) is 65.2 Å². The van der Waals surface area contributed by atoms with Gasteiger partial charge in [-0.05, 0) is 12.1 Å². The maximum absolute atomic E-state index is 11.0. The maximum Gasteiger partial charge on any atom is 0.323 e. The second-order valence-corrected chi connectivity index (χ2v) is 3.17. The first-order valence-electron chi connectivity index (χ1n) is 4.08. The molecule has 0 radical (unpaired) electrons. The van der Waals surface area contributed by atoms with Crippen LogP contribution in [-0.4, -0.2) is 24.1 Å². The molecule has 1 heterocycles. The first kappa shape index (κ1) is 10.9. The highest BCUT2D eigenvalue weighted by Gasteiger charge is 2.16. The Morgan fingerprint density at radius 1 is 1.79 bits per heavy atom. The van der Waals surface area contributed by atoms with Gasteiger partial charge in [-0.3, -0.25) is 9.78 Å². The highest BCUT2D eigenvalue weighted by atomic mass is 35.5. The van der Waals surface area contributed by atoms with Gasteiger partial charge in [0.2, 0.25) is 0 Å². The second kappa shape index (κ2) is 4.93. The molecule has 4 nitrogen and oxygen atoms in total. The monoisotopic (exact) mass is 214 g/mol. The van der Waals surface area contributed by atoms with Gasteiger partial charge in [-0.15, -0.1) is 0 Å². The fourth-order valence-corrected chi connectivity index (χ4v) is 1.21. The van der Waals surface area contributed by atoms with Gasteiger partial charge < -0.3 is 10.5 Å². The van der Waals surface area contributed by atoms with Crippen molar-refractivity contribution in [1.82, 2.24) is 4.98 Å². The summed E-state index contributed by atoms with van der Waals surface area (Å²) in [5.74, 6) is -0.466. The van der Waals surface area contributed by atoms with Gasteiger partial charge in [0.25, 0.3) is 0 Å². The molecule has 0 aliphatic rings. The fraction of sp³-hybridized carbons (Fsp3) is 0.333. The molecule has 76 valence electrons. The molecule has 1 aromatic rings. The summed E-state index contributed by atoms with van der Waals surface area (Å²) < 4.78 is 4.49. The van der Waals surface area contributed by atoms with Crippen molar-refractivity contribution in [1.29, 1.82) is 0 Å². The lowest BCUT2D eigenvalue weighted by atomic mass is 10.1. The van der Waals surface area contributed by atoms with E-state index in [1.54, 1.807) is 18.3 Å². The van der Waals surface area contributed by atoms with Crippen molar-refractivity contribution in [2.24, 2.45) is 5.73 Å². The van der Waals surface area contributed by atoms with Gasteiger partial charge in [-0.25, -0.2) is 0 Å². The van der Waals surface area contributed by atoms with Gasteiger partial charge in [0, 0.05) is 12.6 Å². The molecule has 0 saturated heterocycles. The molecule has 0 fully saturated rings. The molecule has 1 aromatic heterocycles. The van der Waals surface area contributed by atoms with Gasteiger partial charge in [0.15, 0.2) is 0 Å². The van der Waals surface area contributed by atoms with E-state index in [-0.39, 0.29) is 6.42 Å². The summed E-state index contributed by atoms with van der Waals surface area (Å²) in [5.41, 5.74) is 6.16. The van der Waals surface area contributed by atoms with Crippen molar-refractivity contribution in [2.45, 2.75) is 12.5 Å². The summed E-state index contributed by atoms with van der Waals surface area (Å²) >= 11 is 5.85. The largest absolute Gasteiger partial charge is 0.468 e. The van der Waals surface area contributed by atoms with E-state index < -0.39 is 12.0 Å². The number of nitrogens with two attached hydrogens (primary N) is 1. The second-order valence-electron chi connectivity index (χ2n) is 2.77. The van der Waals surface area contributed by atoms with Crippen LogP contribution >= 0.6 is 11.6 Å². The quantitative estimate of drug-likeness (QED) is 0.756. The molecule has 1 rings (SSSR count). The lowest BCUT2D eigenvalue weighted by Gasteiger charge is -2.08. The van der Waals surface area contributed by atoms with E-state index in [4.69, 9.17) is 17.3 Å². The summed E-state index contributed by atoms with van der Waals surface area (Å²) in [6, 6.07) is 2.70. The van der Waals surface area contributed by atoms with Crippen LogP contribution < -0.4 is 5.73 Å². The smallest absolute Gasteiger partial charge is 0.323 e. The lowest BCUT2D eigenvalue weighted by Crippen LogP contribution is -2.34. The number of hydrogen-bond donors (Lipinski definition) is 1. The van der Waals surface area contributed by atoms with Gasteiger partial charge in [-0.2, -0.15) is 0 Å². The fourth-order valence-electron chi connectivity index (χ4n) is 1.01. The molecule has 0 aliphatic heterocycles. The molecule has 0 aromatic carbocycles. The van der Waals surface area contributed by atoms with Crippen molar-refractivity contribution >= 4 is 17.6 Å². The zero-order valence-corrected chi connectivity index (χ0v) is 8.49. The van der Waals surface area contributed by atoms with Crippen molar-refractivity contribution in [3.05, 3.63) is 29.0 Å². The molecule has 0 amide bonds. The SMILES string of the molecule is COC(=O)[C@H](N)Cc1ncccc1Cl. The van der Waals surface area contributed by atoms with Crippen LogP contribution in [0.3, 0.4) is 0 Å². The first-order chi connectivity index (χ1) is 6.65. The number of halogens is 1. The minimum atomic E-state index is -0.715. The number of methoxy groups -OCH3 is 1. The van der Waals surface area contributed by atoms with Gasteiger partial charge >= 0.3 is 5.97 Å². The Labute approximate surface area is 87.0 Å². The van der Waals surface area contributed by atoms with Crippen molar-refractivity contribution in [3.63, 3.8) is 0 Å². The van der Waals surface area contributed by atoms with E-state index in [0.717, 1.165) is 0 Å². The summed E-state index contributed by atoms with van der Waals surface area (Å²) in [6.07, 6.45) is 1.89. The van der Waals surface area contributed by atoms with Crippen molar-refractivity contribution in [3.8, 4) is 0 Å². The predicted molar refractivity (Wildman–Crippen MR) is 52.9 cm³/mol. The Balaban J connectivity index is 2.69. The van der Waals surface area contributed by atoms with Crippen LogP contribution in [0, 0.1) is 0 Å². The van der Waals surface area contributed by atoms with Crippen LogP contribution in [-0.2, 0) is 16.0 Å². The summed E-state index contributed by atoms with van der Waals surface area (Å²) in [6.45, 7) is 0. The third kappa shape index (κ3) is 2.68. The third-order valence-corrected chi connectivity index (χ3v) is 2.10. The molecule has 0 bridgehead atoms. The molecular formula is C9H11ClN2O2. The molecule has 14 heavy (non-hydrogen) atoms. The van der Waals surface area contributed by atoms with Crippen molar-refractivity contribution in [2.75, 3.05) is 7.11 Å². The van der Waals surface area contributed by atoms with E-state index >= 15 is 0 Å². The molecule has 0 unspecified atom stereocenters. The van der Waals surface area contributed by atoms with Crippen LogP contribution in [0.5, 0.6) is 0 Å². The van der Waals surface area contributed by atoms with E-state index in [2.05, 4.69) is 9.72 Å². The predicted octanol–water partition coefficient (Wildman–Crippen LogP) is 0.778. The summed E-state index contributed by atoms with van der Waals surface area (Å²) in [5, 5.41) is 0.506. The number of nitrogens with zero attached hydrogens (tertiary/aromatic N) is 1. The molecule has 2 N–H and O–H groups in total. The highest BCUT2D eigenvalue weighted by Crippen LogP contribution is 2.13. The number of hydrogen-bond acceptors (Lipinski definition) is 4. The highest BCUT2D eigenvalue weighted by molar-refractivity contribution is 6.31. The lowest BCUT2D eigenvalue weighted by molar-refractivity contribution is -0.142. The zero-order chi connectivity index (χ0) is 10.6. The summed E-state index contributed by atoms with van der Waals surface area (Å²) in [7, 11) is 1.29. The Hall–Kier alpha value is -1.13. The number of carbonyl (C=O) groups is 1. The first-order valence-corrected chi connectivity index (χ1v) is 4.45. The summed E-state index contributed by atoms with van der Waals surface area (Å²) in [4.78, 5) is 15.0. The van der Waals surface area contributed by atoms with Gasteiger partial charge in [0.1, 0.15) is 6.04 Å². The molecule has 5 heteroatoms. The Kier molecular flexibility index (Phi) is 3.85. The van der Waals surface area contributed by atoms with Gasteiger partial charge in [-0.1, -0.05) is 11.6 Å².